The van der Waals surface area contributed by atoms with E-state index in [2.05, 4.69) is 5.10 Å². The Morgan fingerprint density at radius 2 is 2.11 bits per heavy atom. The van der Waals surface area contributed by atoms with Crippen molar-refractivity contribution in [3.63, 3.8) is 0 Å². The Bertz CT molecular complexity index is 627. The fraction of sp³-hybridized carbons (Fsp3) is 0.333. The quantitative estimate of drug-likeness (QED) is 0.918. The summed E-state index contributed by atoms with van der Waals surface area (Å²) >= 11 is 0. The second-order valence-electron chi connectivity index (χ2n) is 5.22. The van der Waals surface area contributed by atoms with E-state index in [-0.39, 0.29) is 0 Å². The van der Waals surface area contributed by atoms with Gasteiger partial charge in [0.05, 0.1) is 17.3 Å². The maximum Gasteiger partial charge on any atom is 0.314 e. The van der Waals surface area contributed by atoms with Crippen molar-refractivity contribution >= 4 is 5.97 Å². The maximum absolute atomic E-state index is 11.7. The molecule has 0 amide bonds. The van der Waals surface area contributed by atoms with E-state index < -0.39 is 11.4 Å². The predicted molar refractivity (Wildman–Crippen MR) is 71.5 cm³/mol. The molecule has 4 nitrogen and oxygen atoms in total. The Balaban J connectivity index is 2.15. The highest BCUT2D eigenvalue weighted by atomic mass is 16.4. The number of para-hydroxylation sites is 1. The van der Waals surface area contributed by atoms with Gasteiger partial charge >= 0.3 is 5.97 Å². The van der Waals surface area contributed by atoms with Gasteiger partial charge in [-0.15, -0.1) is 0 Å². The lowest BCUT2D eigenvalue weighted by atomic mass is 9.64. The molecule has 0 aliphatic heterocycles. The van der Waals surface area contributed by atoms with Crippen LogP contribution in [0.4, 0.5) is 0 Å². The molecule has 19 heavy (non-hydrogen) atoms. The van der Waals surface area contributed by atoms with Crippen LogP contribution in [0.25, 0.3) is 5.69 Å². The van der Waals surface area contributed by atoms with Crippen molar-refractivity contribution in [3.05, 3.63) is 47.8 Å². The molecular formula is C15H16N2O2. The van der Waals surface area contributed by atoms with E-state index in [1.807, 2.05) is 37.4 Å². The van der Waals surface area contributed by atoms with E-state index in [1.165, 1.54) is 0 Å². The number of carbonyl (C=O) groups is 1. The lowest BCUT2D eigenvalue weighted by Gasteiger charge is -2.39. The number of rotatable bonds is 3. The van der Waals surface area contributed by atoms with Crippen LogP contribution in [-0.2, 0) is 10.2 Å². The summed E-state index contributed by atoms with van der Waals surface area (Å²) in [5, 5.41) is 13.9. The van der Waals surface area contributed by atoms with E-state index in [9.17, 15) is 9.90 Å². The van der Waals surface area contributed by atoms with Crippen LogP contribution >= 0.6 is 0 Å². The molecule has 1 N–H and O–H groups in total. The average molecular weight is 256 g/mol. The molecule has 4 heteroatoms. The number of carboxylic acid groups (broad SMARTS) is 1. The van der Waals surface area contributed by atoms with Crippen molar-refractivity contribution in [2.75, 3.05) is 0 Å². The van der Waals surface area contributed by atoms with Gasteiger partial charge < -0.3 is 5.11 Å². The number of carboxylic acids is 1. The maximum atomic E-state index is 11.7. The normalized spacial score (nSPS) is 16.9. The molecule has 1 aromatic carbocycles. The van der Waals surface area contributed by atoms with Gasteiger partial charge in [0.25, 0.3) is 0 Å². The first kappa shape index (κ1) is 12.0. The number of aliphatic carboxylic acids is 1. The molecule has 98 valence electrons. The Labute approximate surface area is 111 Å². The first-order chi connectivity index (χ1) is 9.13. The summed E-state index contributed by atoms with van der Waals surface area (Å²) in [4.78, 5) is 11.7. The zero-order valence-electron chi connectivity index (χ0n) is 10.8. The smallest absolute Gasteiger partial charge is 0.314 e. The number of aromatic nitrogens is 2. The summed E-state index contributed by atoms with van der Waals surface area (Å²) in [5.74, 6) is -0.727. The van der Waals surface area contributed by atoms with E-state index >= 15 is 0 Å². The molecule has 1 aromatic heterocycles. The van der Waals surface area contributed by atoms with Crippen LogP contribution in [0.2, 0.25) is 0 Å². The predicted octanol–water partition coefficient (Wildman–Crippen LogP) is 2.69. The molecular weight excluding hydrogens is 240 g/mol. The van der Waals surface area contributed by atoms with Crippen molar-refractivity contribution in [2.24, 2.45) is 0 Å². The molecule has 0 radical (unpaired) electrons. The molecule has 0 spiro atoms. The van der Waals surface area contributed by atoms with Crippen LogP contribution in [0.15, 0.2) is 36.7 Å². The molecule has 1 saturated carbocycles. The summed E-state index contributed by atoms with van der Waals surface area (Å²) in [6.45, 7) is 1.97. The van der Waals surface area contributed by atoms with Crippen LogP contribution in [-0.4, -0.2) is 20.9 Å². The van der Waals surface area contributed by atoms with Gasteiger partial charge in [-0.1, -0.05) is 24.6 Å². The number of nitrogens with zero attached hydrogens (tertiary/aromatic N) is 2. The molecule has 3 rings (SSSR count). The second-order valence-corrected chi connectivity index (χ2v) is 5.22. The van der Waals surface area contributed by atoms with E-state index in [0.717, 1.165) is 23.2 Å². The van der Waals surface area contributed by atoms with Gasteiger partial charge in [0.15, 0.2) is 0 Å². The number of hydrogen-bond donors (Lipinski definition) is 1. The van der Waals surface area contributed by atoms with E-state index in [0.29, 0.717) is 12.8 Å². The number of benzene rings is 1. The average Bonchev–Trinajstić information content (AvgIpc) is 2.74. The largest absolute Gasteiger partial charge is 0.481 e. The number of hydrogen-bond acceptors (Lipinski definition) is 2. The van der Waals surface area contributed by atoms with Crippen molar-refractivity contribution < 1.29 is 9.90 Å². The van der Waals surface area contributed by atoms with Gasteiger partial charge in [0, 0.05) is 6.20 Å². The third-order valence-electron chi connectivity index (χ3n) is 3.99. The van der Waals surface area contributed by atoms with Gasteiger partial charge in [0.2, 0.25) is 0 Å². The summed E-state index contributed by atoms with van der Waals surface area (Å²) in [7, 11) is 0. The van der Waals surface area contributed by atoms with Gasteiger partial charge in [-0.25, -0.2) is 4.68 Å². The molecule has 1 fully saturated rings. The fourth-order valence-electron chi connectivity index (χ4n) is 2.75. The van der Waals surface area contributed by atoms with E-state index in [1.54, 1.807) is 10.9 Å². The highest BCUT2D eigenvalue weighted by molar-refractivity contribution is 5.84. The Morgan fingerprint density at radius 3 is 2.63 bits per heavy atom. The lowest BCUT2D eigenvalue weighted by Crippen LogP contribution is -2.43. The third-order valence-corrected chi connectivity index (χ3v) is 3.99. The summed E-state index contributed by atoms with van der Waals surface area (Å²) in [6.07, 6.45) is 6.09. The zero-order valence-corrected chi connectivity index (χ0v) is 10.8. The minimum absolute atomic E-state index is 0.708. The Hall–Kier alpha value is -2.10. The Morgan fingerprint density at radius 1 is 1.37 bits per heavy atom. The van der Waals surface area contributed by atoms with E-state index in [4.69, 9.17) is 0 Å². The SMILES string of the molecule is Cc1cnn(-c2ccccc2C2(C(=O)O)CCC2)c1. The van der Waals surface area contributed by atoms with Crippen molar-refractivity contribution in [2.45, 2.75) is 31.6 Å². The molecule has 1 aliphatic carbocycles. The van der Waals surface area contributed by atoms with Gasteiger partial charge in [-0.05, 0) is 37.0 Å². The molecule has 1 heterocycles. The molecule has 1 aliphatic rings. The Kier molecular flexibility index (Phi) is 2.66. The van der Waals surface area contributed by atoms with Crippen LogP contribution < -0.4 is 0 Å². The highest BCUT2D eigenvalue weighted by Crippen LogP contribution is 2.45. The minimum Gasteiger partial charge on any atom is -0.481 e. The van der Waals surface area contributed by atoms with Gasteiger partial charge in [0.1, 0.15) is 0 Å². The van der Waals surface area contributed by atoms with Gasteiger partial charge in [-0.3, -0.25) is 4.79 Å². The first-order valence-corrected chi connectivity index (χ1v) is 6.48. The monoisotopic (exact) mass is 256 g/mol. The third kappa shape index (κ3) is 1.75. The van der Waals surface area contributed by atoms with Crippen LogP contribution in [0.5, 0.6) is 0 Å². The van der Waals surface area contributed by atoms with Crippen LogP contribution in [0.3, 0.4) is 0 Å². The zero-order chi connectivity index (χ0) is 13.5. The second kappa shape index (κ2) is 4.23. The minimum atomic E-state index is -0.727. The topological polar surface area (TPSA) is 55.1 Å². The number of aryl methyl sites for hydroxylation is 1. The van der Waals surface area contributed by atoms with Gasteiger partial charge in [-0.2, -0.15) is 5.10 Å². The standard InChI is InChI=1S/C15H16N2O2/c1-11-9-16-17(10-11)13-6-3-2-5-12(13)15(14(18)19)7-4-8-15/h2-3,5-6,9-10H,4,7-8H2,1H3,(H,18,19). The fourth-order valence-corrected chi connectivity index (χ4v) is 2.75. The van der Waals surface area contributed by atoms with Crippen LogP contribution in [0, 0.1) is 6.92 Å². The summed E-state index contributed by atoms with van der Waals surface area (Å²) in [6, 6.07) is 7.67. The lowest BCUT2D eigenvalue weighted by molar-refractivity contribution is -0.147. The molecule has 0 saturated heterocycles. The molecule has 0 unspecified atom stereocenters. The summed E-state index contributed by atoms with van der Waals surface area (Å²) < 4.78 is 1.77. The van der Waals surface area contributed by atoms with Crippen LogP contribution in [0.1, 0.15) is 30.4 Å². The highest BCUT2D eigenvalue weighted by Gasteiger charge is 2.47. The van der Waals surface area contributed by atoms with Crippen molar-refractivity contribution in [1.29, 1.82) is 0 Å². The summed E-state index contributed by atoms with van der Waals surface area (Å²) in [5.41, 5.74) is 2.08. The first-order valence-electron chi connectivity index (χ1n) is 6.48. The molecule has 2 aromatic rings. The van der Waals surface area contributed by atoms with Crippen molar-refractivity contribution in [1.82, 2.24) is 9.78 Å². The molecule has 0 bridgehead atoms. The molecule has 0 atom stereocenters. The van der Waals surface area contributed by atoms with Crippen molar-refractivity contribution in [3.8, 4) is 5.69 Å².